The van der Waals surface area contributed by atoms with Gasteiger partial charge in [-0.25, -0.2) is 4.68 Å². The molecule has 0 radical (unpaired) electrons. The number of carbonyl (C=O) groups excluding carboxylic acids is 1. The largest absolute Gasteiger partial charge is 0.341 e. The Bertz CT molecular complexity index is 452. The highest BCUT2D eigenvalue weighted by Gasteiger charge is 2.18. The third-order valence-electron chi connectivity index (χ3n) is 2.58. The van der Waals surface area contributed by atoms with E-state index in [-0.39, 0.29) is 18.0 Å². The molecule has 0 aromatic carbocycles. The van der Waals surface area contributed by atoms with Crippen molar-refractivity contribution in [2.45, 2.75) is 19.4 Å². The summed E-state index contributed by atoms with van der Waals surface area (Å²) in [4.78, 5) is 25.1. The normalized spacial score (nSPS) is 15.4. The monoisotopic (exact) mass is 333 g/mol. The van der Waals surface area contributed by atoms with Gasteiger partial charge in [-0.3, -0.25) is 9.59 Å². The van der Waals surface area contributed by atoms with Crippen molar-refractivity contribution >= 4 is 28.5 Å². The summed E-state index contributed by atoms with van der Waals surface area (Å²) in [6.45, 7) is 1.66. The highest BCUT2D eigenvalue weighted by Crippen LogP contribution is 2.07. The Labute approximate surface area is 107 Å². The van der Waals surface area contributed by atoms with Crippen LogP contribution in [0.1, 0.15) is 12.8 Å². The Morgan fingerprint density at radius 3 is 2.75 bits per heavy atom. The molecule has 16 heavy (non-hydrogen) atoms. The number of nitrogens with zero attached hydrogens (tertiary/aromatic N) is 3. The molecule has 1 saturated heterocycles. The summed E-state index contributed by atoms with van der Waals surface area (Å²) in [5.41, 5.74) is -0.223. The highest BCUT2D eigenvalue weighted by molar-refractivity contribution is 14.1. The van der Waals surface area contributed by atoms with Gasteiger partial charge in [-0.1, -0.05) is 0 Å². The molecule has 0 bridgehead atoms. The van der Waals surface area contributed by atoms with Crippen molar-refractivity contribution in [2.24, 2.45) is 0 Å². The molecule has 1 aliphatic rings. The maximum absolute atomic E-state index is 11.8. The molecule has 1 fully saturated rings. The minimum atomic E-state index is -0.223. The van der Waals surface area contributed by atoms with Crippen LogP contribution in [0.2, 0.25) is 0 Å². The average molecular weight is 333 g/mol. The van der Waals surface area contributed by atoms with Crippen molar-refractivity contribution in [3.05, 3.63) is 26.2 Å². The van der Waals surface area contributed by atoms with Gasteiger partial charge in [-0.05, 0) is 35.4 Å². The number of aromatic nitrogens is 2. The zero-order valence-corrected chi connectivity index (χ0v) is 10.9. The van der Waals surface area contributed by atoms with Crippen LogP contribution in [0, 0.1) is 3.57 Å². The van der Waals surface area contributed by atoms with Crippen LogP contribution in [0.5, 0.6) is 0 Å². The van der Waals surface area contributed by atoms with Crippen LogP contribution in [-0.4, -0.2) is 33.7 Å². The van der Waals surface area contributed by atoms with Gasteiger partial charge < -0.3 is 4.90 Å². The molecule has 5 nitrogen and oxygen atoms in total. The van der Waals surface area contributed by atoms with E-state index in [1.807, 2.05) is 22.6 Å². The zero-order valence-electron chi connectivity index (χ0n) is 8.73. The van der Waals surface area contributed by atoms with Crippen molar-refractivity contribution < 1.29 is 4.79 Å². The summed E-state index contributed by atoms with van der Waals surface area (Å²) in [5.74, 6) is -0.0201. The average Bonchev–Trinajstić information content (AvgIpc) is 2.75. The number of likely N-dealkylation sites (tertiary alicyclic amines) is 1. The van der Waals surface area contributed by atoms with E-state index in [1.165, 1.54) is 10.7 Å². The number of halogens is 1. The number of carbonyl (C=O) groups is 1. The first-order valence-corrected chi connectivity index (χ1v) is 6.25. The van der Waals surface area contributed by atoms with E-state index >= 15 is 0 Å². The molecule has 0 atom stereocenters. The van der Waals surface area contributed by atoms with Crippen LogP contribution < -0.4 is 5.56 Å². The lowest BCUT2D eigenvalue weighted by Gasteiger charge is -2.15. The van der Waals surface area contributed by atoms with E-state index in [1.54, 1.807) is 11.1 Å². The fourth-order valence-corrected chi connectivity index (χ4v) is 2.12. The van der Waals surface area contributed by atoms with Crippen molar-refractivity contribution in [1.82, 2.24) is 14.7 Å². The fourth-order valence-electron chi connectivity index (χ4n) is 1.72. The van der Waals surface area contributed by atoms with Gasteiger partial charge in [0.05, 0.1) is 6.20 Å². The standard InChI is InChI=1S/C10H12IN3O2/c11-8-5-9(15)14(12-6-8)7-10(16)13-3-1-2-4-13/h5-6H,1-4,7H2. The Kier molecular flexibility index (Phi) is 3.57. The van der Waals surface area contributed by atoms with Gasteiger partial charge in [0, 0.05) is 22.7 Å². The van der Waals surface area contributed by atoms with Gasteiger partial charge in [-0.2, -0.15) is 5.10 Å². The minimum absolute atomic E-state index is 0.0201. The lowest BCUT2D eigenvalue weighted by atomic mass is 10.4. The first-order valence-electron chi connectivity index (χ1n) is 5.17. The Morgan fingerprint density at radius 1 is 1.44 bits per heavy atom. The molecule has 86 valence electrons. The molecule has 0 saturated carbocycles. The summed E-state index contributed by atoms with van der Waals surface area (Å²) < 4.78 is 2.00. The second-order valence-electron chi connectivity index (χ2n) is 3.76. The number of hydrogen-bond donors (Lipinski definition) is 0. The van der Waals surface area contributed by atoms with E-state index < -0.39 is 0 Å². The third-order valence-corrected chi connectivity index (χ3v) is 3.17. The van der Waals surface area contributed by atoms with Crippen molar-refractivity contribution in [1.29, 1.82) is 0 Å². The maximum Gasteiger partial charge on any atom is 0.268 e. The maximum atomic E-state index is 11.8. The second kappa shape index (κ2) is 4.94. The number of hydrogen-bond acceptors (Lipinski definition) is 3. The van der Waals surface area contributed by atoms with Gasteiger partial charge >= 0.3 is 0 Å². The van der Waals surface area contributed by atoms with E-state index in [0.717, 1.165) is 29.5 Å². The lowest BCUT2D eigenvalue weighted by Crippen LogP contribution is -2.35. The molecule has 0 unspecified atom stereocenters. The molecule has 1 amide bonds. The minimum Gasteiger partial charge on any atom is -0.341 e. The van der Waals surface area contributed by atoms with Gasteiger partial charge in [0.1, 0.15) is 6.54 Å². The Hall–Kier alpha value is -0.920. The van der Waals surface area contributed by atoms with Crippen LogP contribution in [0.25, 0.3) is 0 Å². The first kappa shape index (κ1) is 11.6. The molecule has 0 spiro atoms. The quantitative estimate of drug-likeness (QED) is 0.740. The second-order valence-corrected chi connectivity index (χ2v) is 5.00. The summed E-state index contributed by atoms with van der Waals surface area (Å²) in [6.07, 6.45) is 3.70. The number of rotatable bonds is 2. The molecule has 0 aliphatic carbocycles. The van der Waals surface area contributed by atoms with Gasteiger partial charge in [0.25, 0.3) is 5.56 Å². The Balaban J connectivity index is 2.08. The smallest absolute Gasteiger partial charge is 0.268 e. The van der Waals surface area contributed by atoms with Gasteiger partial charge in [0.2, 0.25) is 5.91 Å². The summed E-state index contributed by atoms with van der Waals surface area (Å²) in [7, 11) is 0. The fraction of sp³-hybridized carbons (Fsp3) is 0.500. The van der Waals surface area contributed by atoms with Crippen molar-refractivity contribution in [3.63, 3.8) is 0 Å². The predicted molar refractivity (Wildman–Crippen MR) is 67.0 cm³/mol. The van der Waals surface area contributed by atoms with Crippen molar-refractivity contribution in [2.75, 3.05) is 13.1 Å². The summed E-state index contributed by atoms with van der Waals surface area (Å²) in [6, 6.07) is 1.48. The molecule has 1 aliphatic heterocycles. The van der Waals surface area contributed by atoms with E-state index in [9.17, 15) is 9.59 Å². The van der Waals surface area contributed by atoms with Crippen LogP contribution >= 0.6 is 22.6 Å². The van der Waals surface area contributed by atoms with Crippen LogP contribution in [0.4, 0.5) is 0 Å². The molecule has 1 aromatic rings. The van der Waals surface area contributed by atoms with Crippen LogP contribution in [-0.2, 0) is 11.3 Å². The van der Waals surface area contributed by atoms with E-state index in [4.69, 9.17) is 0 Å². The molecule has 2 rings (SSSR count). The van der Waals surface area contributed by atoms with Gasteiger partial charge in [-0.15, -0.1) is 0 Å². The third kappa shape index (κ3) is 2.60. The predicted octanol–water partition coefficient (Wildman–Crippen LogP) is 0.470. The Morgan fingerprint density at radius 2 is 2.12 bits per heavy atom. The topological polar surface area (TPSA) is 55.2 Å². The summed E-state index contributed by atoms with van der Waals surface area (Å²) in [5, 5.41) is 3.94. The molecule has 0 N–H and O–H groups in total. The SMILES string of the molecule is O=C(Cn1ncc(I)cc1=O)N1CCCC1. The summed E-state index contributed by atoms with van der Waals surface area (Å²) >= 11 is 2.02. The molecule has 6 heteroatoms. The van der Waals surface area contributed by atoms with E-state index in [2.05, 4.69) is 5.10 Å². The van der Waals surface area contributed by atoms with Gasteiger partial charge in [0.15, 0.2) is 0 Å². The first-order chi connectivity index (χ1) is 7.66. The molecular weight excluding hydrogens is 321 g/mol. The molecular formula is C10H12IN3O2. The molecule has 2 heterocycles. The molecule has 1 aromatic heterocycles. The number of amides is 1. The lowest BCUT2D eigenvalue weighted by molar-refractivity contribution is -0.131. The van der Waals surface area contributed by atoms with E-state index in [0.29, 0.717) is 0 Å². The van der Waals surface area contributed by atoms with Crippen molar-refractivity contribution in [3.8, 4) is 0 Å². The highest BCUT2D eigenvalue weighted by atomic mass is 127. The van der Waals surface area contributed by atoms with Crippen LogP contribution in [0.3, 0.4) is 0 Å². The zero-order chi connectivity index (χ0) is 11.5. The van der Waals surface area contributed by atoms with Crippen LogP contribution in [0.15, 0.2) is 17.1 Å².